The molecule has 5 heteroatoms. The van der Waals surface area contributed by atoms with Crippen molar-refractivity contribution in [1.29, 1.82) is 0 Å². The van der Waals surface area contributed by atoms with Crippen LogP contribution in [-0.4, -0.2) is 19.5 Å². The molecule has 0 radical (unpaired) electrons. The number of rotatable bonds is 3. The number of aryl methyl sites for hydroxylation is 1. The van der Waals surface area contributed by atoms with E-state index in [1.165, 1.54) is 0 Å². The van der Waals surface area contributed by atoms with Crippen molar-refractivity contribution in [2.24, 2.45) is 0 Å². The SMILES string of the molecule is CCn1ccnc1Cc1nccnc1N. The van der Waals surface area contributed by atoms with E-state index in [1.54, 1.807) is 18.6 Å². The van der Waals surface area contributed by atoms with E-state index >= 15 is 0 Å². The predicted octanol–water partition coefficient (Wildman–Crippen LogP) is 0.866. The van der Waals surface area contributed by atoms with Gasteiger partial charge in [-0.3, -0.25) is 4.98 Å². The fourth-order valence-corrected chi connectivity index (χ4v) is 1.46. The maximum atomic E-state index is 5.72. The van der Waals surface area contributed by atoms with E-state index < -0.39 is 0 Å². The van der Waals surface area contributed by atoms with E-state index in [0.29, 0.717) is 12.2 Å². The monoisotopic (exact) mass is 203 g/mol. The molecule has 0 unspecified atom stereocenters. The third-order valence-electron chi connectivity index (χ3n) is 2.27. The van der Waals surface area contributed by atoms with Crippen molar-refractivity contribution in [2.45, 2.75) is 19.9 Å². The molecule has 0 bridgehead atoms. The average Bonchev–Trinajstić information content (AvgIpc) is 2.69. The summed E-state index contributed by atoms with van der Waals surface area (Å²) in [6.07, 6.45) is 7.59. The van der Waals surface area contributed by atoms with Crippen molar-refractivity contribution in [2.75, 3.05) is 5.73 Å². The minimum Gasteiger partial charge on any atom is -0.382 e. The van der Waals surface area contributed by atoms with Crippen LogP contribution in [0.1, 0.15) is 18.4 Å². The molecule has 0 aliphatic heterocycles. The molecule has 2 aromatic rings. The highest BCUT2D eigenvalue weighted by molar-refractivity contribution is 5.34. The summed E-state index contributed by atoms with van der Waals surface area (Å²) in [5.74, 6) is 1.44. The molecule has 0 amide bonds. The van der Waals surface area contributed by atoms with Crippen molar-refractivity contribution >= 4 is 5.82 Å². The van der Waals surface area contributed by atoms with Crippen molar-refractivity contribution in [3.63, 3.8) is 0 Å². The van der Waals surface area contributed by atoms with Gasteiger partial charge in [0.05, 0.1) is 12.1 Å². The number of nitrogens with two attached hydrogens (primary N) is 1. The van der Waals surface area contributed by atoms with Crippen molar-refractivity contribution in [3.8, 4) is 0 Å². The van der Waals surface area contributed by atoms with Gasteiger partial charge in [0.15, 0.2) is 0 Å². The second kappa shape index (κ2) is 4.08. The number of imidazole rings is 1. The Morgan fingerprint density at radius 3 is 2.73 bits per heavy atom. The number of hydrogen-bond acceptors (Lipinski definition) is 4. The van der Waals surface area contributed by atoms with Crippen molar-refractivity contribution in [3.05, 3.63) is 36.3 Å². The molecule has 2 aromatic heterocycles. The summed E-state index contributed by atoms with van der Waals surface area (Å²) < 4.78 is 2.06. The van der Waals surface area contributed by atoms with Gasteiger partial charge in [0.1, 0.15) is 11.6 Å². The Hall–Kier alpha value is -1.91. The third kappa shape index (κ3) is 1.96. The molecule has 15 heavy (non-hydrogen) atoms. The van der Waals surface area contributed by atoms with Crippen LogP contribution in [0.2, 0.25) is 0 Å². The molecular weight excluding hydrogens is 190 g/mol. The lowest BCUT2D eigenvalue weighted by Gasteiger charge is -2.05. The van der Waals surface area contributed by atoms with E-state index in [9.17, 15) is 0 Å². The Labute approximate surface area is 88.0 Å². The van der Waals surface area contributed by atoms with Gasteiger partial charge in [-0.1, -0.05) is 0 Å². The van der Waals surface area contributed by atoms with Crippen LogP contribution in [0.4, 0.5) is 5.82 Å². The summed E-state index contributed by atoms with van der Waals surface area (Å²) >= 11 is 0. The first-order chi connectivity index (χ1) is 7.31. The minimum absolute atomic E-state index is 0.475. The normalized spacial score (nSPS) is 10.5. The van der Waals surface area contributed by atoms with Crippen LogP contribution in [0.3, 0.4) is 0 Å². The quantitative estimate of drug-likeness (QED) is 0.803. The zero-order valence-electron chi connectivity index (χ0n) is 8.59. The molecule has 0 aliphatic carbocycles. The molecule has 5 nitrogen and oxygen atoms in total. The fraction of sp³-hybridized carbons (Fsp3) is 0.300. The average molecular weight is 203 g/mol. The van der Waals surface area contributed by atoms with Gasteiger partial charge >= 0.3 is 0 Å². The van der Waals surface area contributed by atoms with E-state index in [-0.39, 0.29) is 0 Å². The number of hydrogen-bond donors (Lipinski definition) is 1. The minimum atomic E-state index is 0.475. The summed E-state index contributed by atoms with van der Waals surface area (Å²) in [5.41, 5.74) is 6.49. The summed E-state index contributed by atoms with van der Waals surface area (Å²) in [6.45, 7) is 2.97. The first-order valence-corrected chi connectivity index (χ1v) is 4.86. The van der Waals surface area contributed by atoms with Crippen LogP contribution >= 0.6 is 0 Å². The number of nitrogen functional groups attached to an aromatic ring is 1. The molecule has 0 atom stereocenters. The third-order valence-corrected chi connectivity index (χ3v) is 2.27. The molecular formula is C10H13N5. The van der Waals surface area contributed by atoms with Crippen molar-refractivity contribution < 1.29 is 0 Å². The first-order valence-electron chi connectivity index (χ1n) is 4.86. The number of nitrogens with zero attached hydrogens (tertiary/aromatic N) is 4. The first kappa shape index (κ1) is 9.64. The Balaban J connectivity index is 2.26. The summed E-state index contributed by atoms with van der Waals surface area (Å²) in [4.78, 5) is 12.4. The zero-order chi connectivity index (χ0) is 10.7. The van der Waals surface area contributed by atoms with Crippen molar-refractivity contribution in [1.82, 2.24) is 19.5 Å². The summed E-state index contributed by atoms with van der Waals surface area (Å²) in [7, 11) is 0. The lowest BCUT2D eigenvalue weighted by Crippen LogP contribution is -2.06. The zero-order valence-corrected chi connectivity index (χ0v) is 8.59. The van der Waals surface area contributed by atoms with Gasteiger partial charge in [0.25, 0.3) is 0 Å². The second-order valence-corrected chi connectivity index (χ2v) is 3.19. The standard InChI is InChI=1S/C10H13N5/c1-2-15-6-5-13-9(15)7-8-10(11)14-4-3-12-8/h3-6H,2,7H2,1H3,(H2,11,14). The molecule has 0 spiro atoms. The van der Waals surface area contributed by atoms with E-state index in [1.807, 2.05) is 6.20 Å². The van der Waals surface area contributed by atoms with Gasteiger partial charge in [-0.25, -0.2) is 9.97 Å². The molecule has 2 rings (SSSR count). The largest absolute Gasteiger partial charge is 0.382 e. The molecule has 0 aromatic carbocycles. The Bertz CT molecular complexity index is 449. The molecule has 0 saturated heterocycles. The highest BCUT2D eigenvalue weighted by atomic mass is 15.1. The van der Waals surface area contributed by atoms with Gasteiger partial charge in [0.2, 0.25) is 0 Å². The van der Waals surface area contributed by atoms with Crippen LogP contribution in [0.15, 0.2) is 24.8 Å². The molecule has 2 heterocycles. The molecule has 78 valence electrons. The smallest absolute Gasteiger partial charge is 0.145 e. The van der Waals surface area contributed by atoms with E-state index in [0.717, 1.165) is 18.1 Å². The Morgan fingerprint density at radius 2 is 2.00 bits per heavy atom. The van der Waals surface area contributed by atoms with Gasteiger partial charge in [0, 0.05) is 31.3 Å². The van der Waals surface area contributed by atoms with Crippen LogP contribution in [-0.2, 0) is 13.0 Å². The Kier molecular flexibility index (Phi) is 2.62. The summed E-state index contributed by atoms with van der Waals surface area (Å²) in [5, 5.41) is 0. The highest BCUT2D eigenvalue weighted by Gasteiger charge is 2.06. The second-order valence-electron chi connectivity index (χ2n) is 3.19. The van der Waals surface area contributed by atoms with Crippen LogP contribution < -0.4 is 5.73 Å². The maximum absolute atomic E-state index is 5.72. The molecule has 2 N–H and O–H groups in total. The predicted molar refractivity (Wildman–Crippen MR) is 57.2 cm³/mol. The highest BCUT2D eigenvalue weighted by Crippen LogP contribution is 2.09. The van der Waals surface area contributed by atoms with E-state index in [4.69, 9.17) is 5.73 Å². The number of aromatic nitrogens is 4. The van der Waals surface area contributed by atoms with Gasteiger partial charge in [-0.15, -0.1) is 0 Å². The van der Waals surface area contributed by atoms with Crippen LogP contribution in [0, 0.1) is 0 Å². The van der Waals surface area contributed by atoms with Gasteiger partial charge in [-0.2, -0.15) is 0 Å². The molecule has 0 fully saturated rings. The molecule has 0 aliphatic rings. The van der Waals surface area contributed by atoms with Gasteiger partial charge in [-0.05, 0) is 6.92 Å². The fourth-order valence-electron chi connectivity index (χ4n) is 1.46. The lowest BCUT2D eigenvalue weighted by molar-refractivity contribution is 0.708. The van der Waals surface area contributed by atoms with E-state index in [2.05, 4.69) is 26.4 Å². The van der Waals surface area contributed by atoms with Gasteiger partial charge < -0.3 is 10.3 Å². The summed E-state index contributed by atoms with van der Waals surface area (Å²) in [6, 6.07) is 0. The van der Waals surface area contributed by atoms with Crippen LogP contribution in [0.25, 0.3) is 0 Å². The Morgan fingerprint density at radius 1 is 1.20 bits per heavy atom. The topological polar surface area (TPSA) is 69.6 Å². The molecule has 0 saturated carbocycles. The maximum Gasteiger partial charge on any atom is 0.145 e. The lowest BCUT2D eigenvalue weighted by atomic mass is 10.3. The number of anilines is 1. The van der Waals surface area contributed by atoms with Crippen LogP contribution in [0.5, 0.6) is 0 Å².